The summed E-state index contributed by atoms with van der Waals surface area (Å²) in [5.74, 6) is 1.45. The fraction of sp³-hybridized carbons (Fsp3) is 0.174. The first-order valence-corrected chi connectivity index (χ1v) is 10.7. The van der Waals surface area contributed by atoms with Gasteiger partial charge in [-0.25, -0.2) is 4.98 Å². The molecule has 3 rings (SSSR count). The zero-order chi connectivity index (χ0) is 22.2. The Morgan fingerprint density at radius 3 is 2.58 bits per heavy atom. The first-order valence-electron chi connectivity index (χ1n) is 9.36. The third-order valence-electron chi connectivity index (χ3n) is 4.37. The number of nitrogens with one attached hydrogen (secondary N) is 1. The van der Waals surface area contributed by atoms with E-state index in [1.54, 1.807) is 49.6 Å². The minimum absolute atomic E-state index is 0.175. The summed E-state index contributed by atoms with van der Waals surface area (Å²) in [5.41, 5.74) is 2.65. The second-order valence-electron chi connectivity index (χ2n) is 6.38. The Kier molecular flexibility index (Phi) is 7.76. The van der Waals surface area contributed by atoms with Crippen molar-refractivity contribution in [2.45, 2.75) is 11.4 Å². The summed E-state index contributed by atoms with van der Waals surface area (Å²) < 4.78 is 10.5. The molecule has 1 amide bonds. The van der Waals surface area contributed by atoms with Crippen LogP contribution in [0.25, 0.3) is 11.3 Å². The molecule has 1 heterocycles. The number of benzene rings is 2. The number of hydrogen-bond acceptors (Lipinski definition) is 6. The van der Waals surface area contributed by atoms with Crippen LogP contribution in [-0.2, 0) is 4.79 Å². The van der Waals surface area contributed by atoms with Crippen molar-refractivity contribution in [3.8, 4) is 28.8 Å². The van der Waals surface area contributed by atoms with Crippen molar-refractivity contribution in [3.63, 3.8) is 0 Å². The van der Waals surface area contributed by atoms with Crippen molar-refractivity contribution in [2.24, 2.45) is 0 Å². The SMILES string of the molecule is COc1ccc(OC)c(NC(=O)CCSc2nc(-c3ccc(Cl)cc3)ccc2C#N)c1. The van der Waals surface area contributed by atoms with Gasteiger partial charge in [-0.15, -0.1) is 11.8 Å². The molecule has 31 heavy (non-hydrogen) atoms. The van der Waals surface area contributed by atoms with E-state index in [2.05, 4.69) is 16.4 Å². The summed E-state index contributed by atoms with van der Waals surface area (Å²) in [6.07, 6.45) is 0.239. The van der Waals surface area contributed by atoms with E-state index in [1.165, 1.54) is 18.9 Å². The topological polar surface area (TPSA) is 84.2 Å². The number of ether oxygens (including phenoxy) is 2. The van der Waals surface area contributed by atoms with Crippen molar-refractivity contribution >= 4 is 35.0 Å². The Labute approximate surface area is 190 Å². The van der Waals surface area contributed by atoms with Crippen LogP contribution in [0.4, 0.5) is 5.69 Å². The predicted molar refractivity (Wildman–Crippen MR) is 123 cm³/mol. The molecule has 0 saturated carbocycles. The Balaban J connectivity index is 1.66. The van der Waals surface area contributed by atoms with Crippen LogP contribution in [-0.4, -0.2) is 30.9 Å². The summed E-state index contributed by atoms with van der Waals surface area (Å²) in [6.45, 7) is 0. The van der Waals surface area contributed by atoms with Gasteiger partial charge in [0.25, 0.3) is 0 Å². The van der Waals surface area contributed by atoms with Gasteiger partial charge in [-0.3, -0.25) is 4.79 Å². The minimum Gasteiger partial charge on any atom is -0.497 e. The lowest BCUT2D eigenvalue weighted by Crippen LogP contribution is -2.13. The molecule has 0 atom stereocenters. The highest BCUT2D eigenvalue weighted by atomic mass is 35.5. The highest BCUT2D eigenvalue weighted by Gasteiger charge is 2.12. The molecule has 0 aliphatic heterocycles. The lowest BCUT2D eigenvalue weighted by molar-refractivity contribution is -0.115. The summed E-state index contributed by atoms with van der Waals surface area (Å²) in [5, 5.41) is 13.5. The smallest absolute Gasteiger partial charge is 0.225 e. The largest absolute Gasteiger partial charge is 0.497 e. The molecule has 0 fully saturated rings. The van der Waals surface area contributed by atoms with Gasteiger partial charge in [-0.2, -0.15) is 5.26 Å². The van der Waals surface area contributed by atoms with E-state index in [0.717, 1.165) is 11.3 Å². The molecule has 0 bridgehead atoms. The normalized spacial score (nSPS) is 10.3. The molecule has 3 aromatic rings. The molecule has 2 aromatic carbocycles. The molecule has 0 unspecified atom stereocenters. The van der Waals surface area contributed by atoms with Crippen molar-refractivity contribution in [2.75, 3.05) is 25.3 Å². The summed E-state index contributed by atoms with van der Waals surface area (Å²) in [7, 11) is 3.10. The van der Waals surface area contributed by atoms with E-state index in [4.69, 9.17) is 21.1 Å². The lowest BCUT2D eigenvalue weighted by atomic mass is 10.1. The van der Waals surface area contributed by atoms with Crippen LogP contribution in [0.3, 0.4) is 0 Å². The predicted octanol–water partition coefficient (Wildman–Crippen LogP) is 5.41. The van der Waals surface area contributed by atoms with Gasteiger partial charge < -0.3 is 14.8 Å². The van der Waals surface area contributed by atoms with Crippen LogP contribution in [0.2, 0.25) is 5.02 Å². The quantitative estimate of drug-likeness (QED) is 0.459. The minimum atomic E-state index is -0.175. The van der Waals surface area contributed by atoms with Gasteiger partial charge in [0.1, 0.15) is 22.6 Å². The molecule has 0 aliphatic rings. The number of carbonyl (C=O) groups excluding carboxylic acids is 1. The fourth-order valence-corrected chi connectivity index (χ4v) is 3.82. The van der Waals surface area contributed by atoms with Gasteiger partial charge in [0, 0.05) is 28.8 Å². The third kappa shape index (κ3) is 5.91. The molecular formula is C23H20ClN3O3S. The van der Waals surface area contributed by atoms with Crippen molar-refractivity contribution in [1.29, 1.82) is 5.26 Å². The number of methoxy groups -OCH3 is 2. The Morgan fingerprint density at radius 1 is 1.13 bits per heavy atom. The van der Waals surface area contributed by atoms with Gasteiger partial charge in [0.2, 0.25) is 5.91 Å². The molecule has 6 nitrogen and oxygen atoms in total. The first kappa shape index (κ1) is 22.5. The van der Waals surface area contributed by atoms with Gasteiger partial charge in [0.15, 0.2) is 0 Å². The van der Waals surface area contributed by atoms with E-state index in [0.29, 0.717) is 38.6 Å². The molecule has 0 aliphatic carbocycles. The van der Waals surface area contributed by atoms with Crippen molar-refractivity contribution in [1.82, 2.24) is 4.98 Å². The maximum atomic E-state index is 12.4. The van der Waals surface area contributed by atoms with Crippen LogP contribution in [0.5, 0.6) is 11.5 Å². The van der Waals surface area contributed by atoms with Gasteiger partial charge in [0.05, 0.1) is 31.2 Å². The maximum absolute atomic E-state index is 12.4. The monoisotopic (exact) mass is 453 g/mol. The Bertz CT molecular complexity index is 1110. The number of carbonyl (C=O) groups is 1. The second-order valence-corrected chi connectivity index (χ2v) is 7.90. The van der Waals surface area contributed by atoms with E-state index in [1.807, 2.05) is 12.1 Å². The molecule has 0 saturated heterocycles. The average Bonchev–Trinajstić information content (AvgIpc) is 2.79. The van der Waals surface area contributed by atoms with Crippen molar-refractivity contribution < 1.29 is 14.3 Å². The number of aromatic nitrogens is 1. The summed E-state index contributed by atoms with van der Waals surface area (Å²) in [6, 6.07) is 18.2. The average molecular weight is 454 g/mol. The zero-order valence-corrected chi connectivity index (χ0v) is 18.6. The summed E-state index contributed by atoms with van der Waals surface area (Å²) in [4.78, 5) is 17.0. The number of halogens is 1. The number of thioether (sulfide) groups is 1. The molecule has 0 spiro atoms. The fourth-order valence-electron chi connectivity index (χ4n) is 2.78. The number of nitrogens with zero attached hydrogens (tertiary/aromatic N) is 2. The van der Waals surface area contributed by atoms with Gasteiger partial charge in [-0.05, 0) is 36.4 Å². The standard InChI is InChI=1S/C23H20ClN3O3S/c1-29-18-8-10-21(30-2)20(13-18)26-22(28)11-12-31-23-16(14-25)5-9-19(27-23)15-3-6-17(24)7-4-15/h3-10,13H,11-12H2,1-2H3,(H,26,28). The zero-order valence-electron chi connectivity index (χ0n) is 17.0. The first-order chi connectivity index (χ1) is 15.0. The second kappa shape index (κ2) is 10.7. The molecule has 158 valence electrons. The number of rotatable bonds is 8. The maximum Gasteiger partial charge on any atom is 0.225 e. The van der Waals surface area contributed by atoms with Gasteiger partial charge >= 0.3 is 0 Å². The third-order valence-corrected chi connectivity index (χ3v) is 5.61. The summed E-state index contributed by atoms with van der Waals surface area (Å²) >= 11 is 7.31. The molecule has 1 aromatic heterocycles. The molecule has 0 radical (unpaired) electrons. The Hall–Kier alpha value is -3.21. The highest BCUT2D eigenvalue weighted by Crippen LogP contribution is 2.30. The number of anilines is 1. The number of hydrogen-bond donors (Lipinski definition) is 1. The van der Waals surface area contributed by atoms with Crippen LogP contribution in [0.1, 0.15) is 12.0 Å². The van der Waals surface area contributed by atoms with Crippen LogP contribution in [0, 0.1) is 11.3 Å². The number of nitriles is 1. The Morgan fingerprint density at radius 2 is 1.90 bits per heavy atom. The molecular weight excluding hydrogens is 434 g/mol. The van der Waals surface area contributed by atoms with Crippen LogP contribution >= 0.6 is 23.4 Å². The van der Waals surface area contributed by atoms with E-state index in [-0.39, 0.29) is 12.3 Å². The van der Waals surface area contributed by atoms with E-state index < -0.39 is 0 Å². The van der Waals surface area contributed by atoms with Crippen LogP contribution < -0.4 is 14.8 Å². The number of amides is 1. The molecule has 1 N–H and O–H groups in total. The van der Waals surface area contributed by atoms with Crippen LogP contribution in [0.15, 0.2) is 59.6 Å². The number of pyridine rings is 1. The highest BCUT2D eigenvalue weighted by molar-refractivity contribution is 7.99. The van der Waals surface area contributed by atoms with E-state index in [9.17, 15) is 10.1 Å². The molecule has 8 heteroatoms. The van der Waals surface area contributed by atoms with Crippen molar-refractivity contribution in [3.05, 3.63) is 65.2 Å². The van der Waals surface area contributed by atoms with Gasteiger partial charge in [-0.1, -0.05) is 23.7 Å². The van der Waals surface area contributed by atoms with E-state index >= 15 is 0 Å². The lowest BCUT2D eigenvalue weighted by Gasteiger charge is -2.12.